The molecule has 3 nitrogen and oxygen atoms in total. The van der Waals surface area contributed by atoms with Crippen LogP contribution in [0.1, 0.15) is 24.9 Å². The zero-order chi connectivity index (χ0) is 15.4. The first-order valence-electron chi connectivity index (χ1n) is 7.55. The molecule has 1 saturated heterocycles. The molecule has 1 fully saturated rings. The van der Waals surface area contributed by atoms with Gasteiger partial charge in [0, 0.05) is 57.0 Å². The summed E-state index contributed by atoms with van der Waals surface area (Å²) in [6.07, 6.45) is 0.959. The lowest BCUT2D eigenvalue weighted by Gasteiger charge is -2.36. The molecule has 6 heteroatoms. The summed E-state index contributed by atoms with van der Waals surface area (Å²) in [5.74, 6) is 0. The highest BCUT2D eigenvalue weighted by Crippen LogP contribution is 2.34. The molecule has 0 amide bonds. The predicted octanol–water partition coefficient (Wildman–Crippen LogP) is 4.16. The Labute approximate surface area is 157 Å². The lowest BCUT2D eigenvalue weighted by atomic mass is 9.97. The molecule has 0 unspecified atom stereocenters. The molecule has 2 rings (SSSR count). The van der Waals surface area contributed by atoms with Gasteiger partial charge in [-0.05, 0) is 31.0 Å². The maximum atomic E-state index is 6.57. The van der Waals surface area contributed by atoms with Crippen LogP contribution >= 0.6 is 36.4 Å². The minimum Gasteiger partial charge on any atom is -0.378 e. The van der Waals surface area contributed by atoms with Crippen LogP contribution in [0.25, 0.3) is 0 Å². The van der Waals surface area contributed by atoms with Gasteiger partial charge in [-0.25, -0.2) is 0 Å². The summed E-state index contributed by atoms with van der Waals surface area (Å²) >= 11 is 6.57. The monoisotopic (exact) mass is 379 g/mol. The van der Waals surface area contributed by atoms with Crippen molar-refractivity contribution in [1.29, 1.82) is 0 Å². The summed E-state index contributed by atoms with van der Waals surface area (Å²) in [7, 11) is 4.07. The van der Waals surface area contributed by atoms with E-state index in [9.17, 15) is 0 Å². The Kier molecular flexibility index (Phi) is 10.2. The average molecular weight is 381 g/mol. The second kappa shape index (κ2) is 10.4. The van der Waals surface area contributed by atoms with E-state index in [1.54, 1.807) is 0 Å². The molecule has 1 aliphatic rings. The van der Waals surface area contributed by atoms with E-state index in [1.165, 1.54) is 11.1 Å². The van der Waals surface area contributed by atoms with E-state index >= 15 is 0 Å². The summed E-state index contributed by atoms with van der Waals surface area (Å²) in [6, 6.07) is 6.71. The molecule has 0 bridgehead atoms. The van der Waals surface area contributed by atoms with Crippen LogP contribution in [0, 0.1) is 0 Å². The SMILES string of the molecule is C=C(C)C[C@@H](c1ccc(N(C)C)cc1Cl)N1CCNCC1.Cl.Cl. The van der Waals surface area contributed by atoms with E-state index in [4.69, 9.17) is 11.6 Å². The number of piperazine rings is 1. The zero-order valence-electron chi connectivity index (χ0n) is 14.1. The van der Waals surface area contributed by atoms with Gasteiger partial charge in [-0.1, -0.05) is 23.2 Å². The molecule has 1 atom stereocenters. The van der Waals surface area contributed by atoms with Gasteiger partial charge < -0.3 is 10.2 Å². The van der Waals surface area contributed by atoms with E-state index in [0.29, 0.717) is 6.04 Å². The Balaban J connectivity index is 0.00000242. The fraction of sp³-hybridized carbons (Fsp3) is 0.529. The Bertz CT molecular complexity index is 500. The van der Waals surface area contributed by atoms with Gasteiger partial charge in [0.2, 0.25) is 0 Å². The highest BCUT2D eigenvalue weighted by molar-refractivity contribution is 6.31. The van der Waals surface area contributed by atoms with Crippen molar-refractivity contribution in [3.8, 4) is 0 Å². The summed E-state index contributed by atoms with van der Waals surface area (Å²) in [4.78, 5) is 4.59. The second-order valence-electron chi connectivity index (χ2n) is 6.06. The normalized spacial score (nSPS) is 16.0. The van der Waals surface area contributed by atoms with E-state index in [0.717, 1.165) is 43.3 Å². The fourth-order valence-electron chi connectivity index (χ4n) is 2.82. The molecule has 1 aliphatic heterocycles. The molecule has 1 heterocycles. The van der Waals surface area contributed by atoms with Gasteiger partial charge in [0.25, 0.3) is 0 Å². The molecule has 0 saturated carbocycles. The van der Waals surface area contributed by atoms with Crippen molar-refractivity contribution in [2.45, 2.75) is 19.4 Å². The molecule has 23 heavy (non-hydrogen) atoms. The van der Waals surface area contributed by atoms with Crippen molar-refractivity contribution in [1.82, 2.24) is 10.2 Å². The lowest BCUT2D eigenvalue weighted by Crippen LogP contribution is -2.45. The van der Waals surface area contributed by atoms with Gasteiger partial charge in [0.1, 0.15) is 0 Å². The first-order valence-corrected chi connectivity index (χ1v) is 7.92. The summed E-state index contributed by atoms with van der Waals surface area (Å²) in [5.41, 5.74) is 3.55. The van der Waals surface area contributed by atoms with Crippen LogP contribution in [-0.4, -0.2) is 45.2 Å². The van der Waals surface area contributed by atoms with E-state index in [-0.39, 0.29) is 24.8 Å². The molecule has 1 aromatic carbocycles. The summed E-state index contributed by atoms with van der Waals surface area (Å²) in [5, 5.41) is 4.26. The van der Waals surface area contributed by atoms with Crippen molar-refractivity contribution >= 4 is 42.1 Å². The first-order chi connectivity index (χ1) is 9.99. The maximum Gasteiger partial charge on any atom is 0.0474 e. The average Bonchev–Trinajstić information content (AvgIpc) is 2.45. The first kappa shape index (κ1) is 22.6. The minimum atomic E-state index is 0. The van der Waals surface area contributed by atoms with Gasteiger partial charge in [-0.3, -0.25) is 4.90 Å². The Morgan fingerprint density at radius 3 is 2.39 bits per heavy atom. The third-order valence-corrected chi connectivity index (χ3v) is 4.32. The highest BCUT2D eigenvalue weighted by Gasteiger charge is 2.24. The molecule has 0 spiro atoms. The Morgan fingerprint density at radius 1 is 1.30 bits per heavy atom. The van der Waals surface area contributed by atoms with Gasteiger partial charge in [0.15, 0.2) is 0 Å². The number of rotatable bonds is 5. The van der Waals surface area contributed by atoms with E-state index in [1.807, 2.05) is 14.1 Å². The molecule has 0 aliphatic carbocycles. The second-order valence-corrected chi connectivity index (χ2v) is 6.47. The zero-order valence-corrected chi connectivity index (χ0v) is 16.5. The Hall–Kier alpha value is -0.450. The number of hydrogen-bond acceptors (Lipinski definition) is 3. The number of hydrogen-bond donors (Lipinski definition) is 1. The van der Waals surface area contributed by atoms with Crippen molar-refractivity contribution in [3.63, 3.8) is 0 Å². The summed E-state index contributed by atoms with van der Waals surface area (Å²) in [6.45, 7) is 10.4. The maximum absolute atomic E-state index is 6.57. The van der Waals surface area contributed by atoms with Gasteiger partial charge in [-0.2, -0.15) is 0 Å². The molecular weight excluding hydrogens is 353 g/mol. The van der Waals surface area contributed by atoms with Gasteiger partial charge in [0.05, 0.1) is 0 Å². The van der Waals surface area contributed by atoms with Gasteiger partial charge >= 0.3 is 0 Å². The molecule has 1 aromatic rings. The quantitative estimate of drug-likeness (QED) is 0.774. The van der Waals surface area contributed by atoms with Crippen molar-refractivity contribution in [3.05, 3.63) is 40.9 Å². The van der Waals surface area contributed by atoms with E-state index < -0.39 is 0 Å². The van der Waals surface area contributed by atoms with Gasteiger partial charge in [-0.15, -0.1) is 31.4 Å². The fourth-order valence-corrected chi connectivity index (χ4v) is 3.12. The molecule has 0 radical (unpaired) electrons. The topological polar surface area (TPSA) is 18.5 Å². The molecule has 0 aromatic heterocycles. The highest BCUT2D eigenvalue weighted by atomic mass is 35.5. The van der Waals surface area contributed by atoms with Crippen molar-refractivity contribution < 1.29 is 0 Å². The largest absolute Gasteiger partial charge is 0.378 e. The van der Waals surface area contributed by atoms with Crippen LogP contribution < -0.4 is 10.2 Å². The third-order valence-electron chi connectivity index (χ3n) is 3.99. The molecular formula is C17H28Cl3N3. The van der Waals surface area contributed by atoms with Crippen LogP contribution in [0.5, 0.6) is 0 Å². The van der Waals surface area contributed by atoms with Crippen molar-refractivity contribution in [2.24, 2.45) is 0 Å². The lowest BCUT2D eigenvalue weighted by molar-refractivity contribution is 0.172. The van der Waals surface area contributed by atoms with Crippen LogP contribution in [0.4, 0.5) is 5.69 Å². The van der Waals surface area contributed by atoms with Crippen LogP contribution in [0.3, 0.4) is 0 Å². The number of halogens is 3. The van der Waals surface area contributed by atoms with E-state index in [2.05, 4.69) is 46.8 Å². The number of benzene rings is 1. The Morgan fingerprint density at radius 2 is 1.91 bits per heavy atom. The van der Waals surface area contributed by atoms with Crippen LogP contribution in [0.2, 0.25) is 5.02 Å². The standard InChI is InChI=1S/C17H26ClN3.2ClH/c1-13(2)11-17(21-9-7-19-8-10-21)15-6-5-14(20(3)4)12-16(15)18;;/h5-6,12,17,19H,1,7-11H2,2-4H3;2*1H/t17-;;/m0../s1. The number of nitrogens with zero attached hydrogens (tertiary/aromatic N) is 2. The predicted molar refractivity (Wildman–Crippen MR) is 107 cm³/mol. The van der Waals surface area contributed by atoms with Crippen LogP contribution in [0.15, 0.2) is 30.4 Å². The van der Waals surface area contributed by atoms with Crippen LogP contribution in [-0.2, 0) is 0 Å². The minimum absolute atomic E-state index is 0. The smallest absolute Gasteiger partial charge is 0.0474 e. The number of anilines is 1. The third kappa shape index (κ3) is 6.17. The molecule has 1 N–H and O–H groups in total. The number of nitrogens with one attached hydrogen (secondary N) is 1. The summed E-state index contributed by atoms with van der Waals surface area (Å²) < 4.78 is 0. The molecule has 132 valence electrons. The van der Waals surface area contributed by atoms with Crippen molar-refractivity contribution in [2.75, 3.05) is 45.2 Å².